The first kappa shape index (κ1) is 17.6. The van der Waals surface area contributed by atoms with Gasteiger partial charge in [0.15, 0.2) is 0 Å². The Bertz CT molecular complexity index is 690. The highest BCUT2D eigenvalue weighted by molar-refractivity contribution is 9.10. The number of benzene rings is 1. The van der Waals surface area contributed by atoms with E-state index in [9.17, 15) is 9.59 Å². The largest absolute Gasteiger partial charge is 0.480 e. The quantitative estimate of drug-likeness (QED) is 0.666. The number of aliphatic carboxylic acids is 1. The Kier molecular flexibility index (Phi) is 6.69. The lowest BCUT2D eigenvalue weighted by atomic mass is 10.2. The van der Waals surface area contributed by atoms with Gasteiger partial charge in [-0.05, 0) is 12.1 Å². The zero-order chi connectivity index (χ0) is 16.7. The van der Waals surface area contributed by atoms with Crippen LogP contribution in [0.25, 0.3) is 10.6 Å². The molecule has 0 saturated carbocycles. The number of carboxylic acid groups (broad SMARTS) is 1. The Labute approximate surface area is 145 Å². The van der Waals surface area contributed by atoms with Gasteiger partial charge in [-0.2, -0.15) is 0 Å². The monoisotopic (exact) mass is 398 g/mol. The summed E-state index contributed by atoms with van der Waals surface area (Å²) in [6, 6.07) is 7.82. The van der Waals surface area contributed by atoms with Gasteiger partial charge < -0.3 is 15.2 Å². The number of halogens is 1. The Morgan fingerprint density at radius 3 is 2.96 bits per heavy atom. The topological polar surface area (TPSA) is 88.5 Å². The highest BCUT2D eigenvalue weighted by Crippen LogP contribution is 2.26. The molecule has 0 unspecified atom stereocenters. The van der Waals surface area contributed by atoms with Crippen LogP contribution in [0.3, 0.4) is 0 Å². The van der Waals surface area contributed by atoms with Crippen LogP contribution in [0.15, 0.2) is 34.1 Å². The van der Waals surface area contributed by atoms with Gasteiger partial charge in [0.1, 0.15) is 11.6 Å². The molecule has 122 valence electrons. The van der Waals surface area contributed by atoms with Gasteiger partial charge in [0.05, 0.1) is 18.7 Å². The van der Waals surface area contributed by atoms with E-state index in [1.165, 1.54) is 11.3 Å². The number of nitrogens with one attached hydrogen (secondary N) is 1. The van der Waals surface area contributed by atoms with Crippen LogP contribution >= 0.6 is 27.3 Å². The van der Waals surface area contributed by atoms with E-state index in [-0.39, 0.29) is 32.1 Å². The molecule has 6 nitrogen and oxygen atoms in total. The fourth-order valence-corrected chi connectivity index (χ4v) is 3.01. The number of nitrogens with zero attached hydrogens (tertiary/aromatic N) is 1. The minimum atomic E-state index is -1.03. The highest BCUT2D eigenvalue weighted by Gasteiger charge is 2.09. The fourth-order valence-electron chi connectivity index (χ4n) is 1.79. The number of hydrogen-bond donors (Lipinski definition) is 2. The van der Waals surface area contributed by atoms with Gasteiger partial charge in [-0.15, -0.1) is 11.3 Å². The maximum Gasteiger partial charge on any atom is 0.329 e. The zero-order valence-electron chi connectivity index (χ0n) is 12.1. The van der Waals surface area contributed by atoms with Gasteiger partial charge in [0, 0.05) is 22.0 Å². The van der Waals surface area contributed by atoms with E-state index in [2.05, 4.69) is 26.2 Å². The third kappa shape index (κ3) is 6.09. The van der Waals surface area contributed by atoms with Crippen molar-refractivity contribution in [3.63, 3.8) is 0 Å². The molecule has 0 atom stereocenters. The summed E-state index contributed by atoms with van der Waals surface area (Å²) in [7, 11) is 0. The highest BCUT2D eigenvalue weighted by atomic mass is 79.9. The third-order valence-corrected chi connectivity index (χ3v) is 4.19. The summed E-state index contributed by atoms with van der Waals surface area (Å²) < 4.78 is 5.81. The van der Waals surface area contributed by atoms with Crippen LogP contribution in [0.4, 0.5) is 0 Å². The standard InChI is InChI=1S/C15H15BrN2O4S/c16-11-3-1-2-10(6-11)15-18-12(9-23-15)7-13(19)17-4-5-22-8-14(20)21/h1-3,6,9H,4-5,7-8H2,(H,17,19)(H,20,21). The van der Waals surface area contributed by atoms with Crippen LogP contribution in [0, 0.1) is 0 Å². The first-order valence-corrected chi connectivity index (χ1v) is 8.48. The van der Waals surface area contributed by atoms with Gasteiger partial charge in [0.25, 0.3) is 0 Å². The van der Waals surface area contributed by atoms with E-state index in [0.29, 0.717) is 5.69 Å². The van der Waals surface area contributed by atoms with E-state index in [4.69, 9.17) is 9.84 Å². The summed E-state index contributed by atoms with van der Waals surface area (Å²) in [5.74, 6) is -1.20. The number of hydrogen-bond acceptors (Lipinski definition) is 5. The number of carbonyl (C=O) groups is 2. The summed E-state index contributed by atoms with van der Waals surface area (Å²) >= 11 is 4.91. The average molecular weight is 399 g/mol. The first-order chi connectivity index (χ1) is 11.0. The number of aromatic nitrogens is 1. The molecule has 0 spiro atoms. The molecular formula is C15H15BrN2O4S. The van der Waals surface area contributed by atoms with Crippen molar-refractivity contribution in [1.82, 2.24) is 10.3 Å². The Hall–Kier alpha value is -1.77. The maximum absolute atomic E-state index is 11.8. The van der Waals surface area contributed by atoms with E-state index >= 15 is 0 Å². The second kappa shape index (κ2) is 8.76. The van der Waals surface area contributed by atoms with Gasteiger partial charge in [-0.3, -0.25) is 4.79 Å². The number of thiazole rings is 1. The third-order valence-electron chi connectivity index (χ3n) is 2.76. The first-order valence-electron chi connectivity index (χ1n) is 6.81. The lowest BCUT2D eigenvalue weighted by Gasteiger charge is -2.04. The van der Waals surface area contributed by atoms with E-state index in [1.807, 2.05) is 29.6 Å². The molecular weight excluding hydrogens is 384 g/mol. The maximum atomic E-state index is 11.8. The second-order valence-corrected chi connectivity index (χ2v) is 6.40. The Morgan fingerprint density at radius 1 is 1.39 bits per heavy atom. The second-order valence-electron chi connectivity index (χ2n) is 4.63. The molecule has 1 heterocycles. The summed E-state index contributed by atoms with van der Waals surface area (Å²) in [6.07, 6.45) is 0.184. The molecule has 8 heteroatoms. The van der Waals surface area contributed by atoms with Crippen LogP contribution in [0.1, 0.15) is 5.69 Å². The molecule has 0 aliphatic heterocycles. The van der Waals surface area contributed by atoms with Crippen molar-refractivity contribution in [2.45, 2.75) is 6.42 Å². The Morgan fingerprint density at radius 2 is 2.22 bits per heavy atom. The van der Waals surface area contributed by atoms with Crippen LogP contribution in [-0.2, 0) is 20.7 Å². The van der Waals surface area contributed by atoms with Crippen molar-refractivity contribution in [2.24, 2.45) is 0 Å². The van der Waals surface area contributed by atoms with Crippen molar-refractivity contribution in [3.05, 3.63) is 39.8 Å². The molecule has 1 amide bonds. The normalized spacial score (nSPS) is 10.5. The van der Waals surface area contributed by atoms with Crippen molar-refractivity contribution < 1.29 is 19.4 Å². The smallest absolute Gasteiger partial charge is 0.329 e. The van der Waals surface area contributed by atoms with Crippen molar-refractivity contribution in [3.8, 4) is 10.6 Å². The zero-order valence-corrected chi connectivity index (χ0v) is 14.5. The molecule has 0 aliphatic rings. The summed E-state index contributed by atoms with van der Waals surface area (Å²) in [4.78, 5) is 26.5. The van der Waals surface area contributed by atoms with E-state index < -0.39 is 5.97 Å². The van der Waals surface area contributed by atoms with Crippen LogP contribution in [0.2, 0.25) is 0 Å². The van der Waals surface area contributed by atoms with Crippen LogP contribution in [-0.4, -0.2) is 41.7 Å². The lowest BCUT2D eigenvalue weighted by Crippen LogP contribution is -2.29. The van der Waals surface area contributed by atoms with Crippen LogP contribution in [0.5, 0.6) is 0 Å². The molecule has 0 bridgehead atoms. The molecule has 23 heavy (non-hydrogen) atoms. The van der Waals surface area contributed by atoms with E-state index in [0.717, 1.165) is 15.0 Å². The number of amides is 1. The summed E-state index contributed by atoms with van der Waals surface area (Å²) in [5.41, 5.74) is 1.70. The SMILES string of the molecule is O=C(O)COCCNC(=O)Cc1csc(-c2cccc(Br)c2)n1. The number of rotatable bonds is 8. The number of ether oxygens (including phenoxy) is 1. The average Bonchev–Trinajstić information content (AvgIpc) is 2.95. The van der Waals surface area contributed by atoms with Gasteiger partial charge >= 0.3 is 5.97 Å². The lowest BCUT2D eigenvalue weighted by molar-refractivity contribution is -0.142. The molecule has 1 aromatic carbocycles. The molecule has 0 radical (unpaired) electrons. The van der Waals surface area contributed by atoms with Crippen molar-refractivity contribution in [2.75, 3.05) is 19.8 Å². The fraction of sp³-hybridized carbons (Fsp3) is 0.267. The number of carbonyl (C=O) groups excluding carboxylic acids is 1. The minimum absolute atomic E-state index is 0.165. The summed E-state index contributed by atoms with van der Waals surface area (Å²) in [6.45, 7) is 0.0745. The molecule has 0 aliphatic carbocycles. The van der Waals surface area contributed by atoms with E-state index in [1.54, 1.807) is 0 Å². The van der Waals surface area contributed by atoms with Crippen LogP contribution < -0.4 is 5.32 Å². The molecule has 1 aromatic heterocycles. The summed E-state index contributed by atoms with van der Waals surface area (Å²) in [5, 5.41) is 13.8. The molecule has 0 fully saturated rings. The molecule has 0 saturated heterocycles. The minimum Gasteiger partial charge on any atom is -0.480 e. The molecule has 2 rings (SSSR count). The van der Waals surface area contributed by atoms with Crippen molar-refractivity contribution in [1.29, 1.82) is 0 Å². The molecule has 2 aromatic rings. The molecule has 2 N–H and O–H groups in total. The Balaban J connectivity index is 1.80. The number of carboxylic acids is 1. The van der Waals surface area contributed by atoms with Gasteiger partial charge in [-0.1, -0.05) is 28.1 Å². The van der Waals surface area contributed by atoms with Crippen molar-refractivity contribution >= 4 is 39.1 Å². The predicted octanol–water partition coefficient (Wildman–Crippen LogP) is 2.33. The van der Waals surface area contributed by atoms with Gasteiger partial charge in [0.2, 0.25) is 5.91 Å². The predicted molar refractivity (Wildman–Crippen MR) is 90.4 cm³/mol. The van der Waals surface area contributed by atoms with Gasteiger partial charge in [-0.25, -0.2) is 9.78 Å².